The fourth-order valence-electron chi connectivity index (χ4n) is 3.23. The van der Waals surface area contributed by atoms with Gasteiger partial charge in [0, 0.05) is 31.8 Å². The second-order valence-electron chi connectivity index (χ2n) is 6.60. The monoisotopic (exact) mass is 340 g/mol. The Balaban J connectivity index is 1.60. The van der Waals surface area contributed by atoms with Gasteiger partial charge >= 0.3 is 0 Å². The fraction of sp³-hybridized carbons (Fsp3) is 0.400. The minimum atomic E-state index is -0.302. The lowest BCUT2D eigenvalue weighted by molar-refractivity contribution is 0.0451. The smallest absolute Gasteiger partial charge is 0.255 e. The number of carbonyl (C=O) groups is 1. The van der Waals surface area contributed by atoms with Crippen molar-refractivity contribution in [2.75, 3.05) is 13.6 Å². The van der Waals surface area contributed by atoms with Crippen LogP contribution in [0.1, 0.15) is 36.0 Å². The van der Waals surface area contributed by atoms with E-state index in [2.05, 4.69) is 4.98 Å². The van der Waals surface area contributed by atoms with E-state index in [9.17, 15) is 9.90 Å². The van der Waals surface area contributed by atoms with Crippen LogP contribution in [0.2, 0.25) is 0 Å². The third-order valence-electron chi connectivity index (χ3n) is 4.67. The van der Waals surface area contributed by atoms with Crippen LogP contribution in [0.3, 0.4) is 0 Å². The first kappa shape index (κ1) is 17.4. The van der Waals surface area contributed by atoms with Crippen LogP contribution in [0.4, 0.5) is 0 Å². The summed E-state index contributed by atoms with van der Waals surface area (Å²) in [6.45, 7) is 0.572. The Morgan fingerprint density at radius 1 is 1.20 bits per heavy atom. The molecule has 2 unspecified atom stereocenters. The first-order valence-electron chi connectivity index (χ1n) is 8.76. The number of benzene rings is 1. The molecule has 1 fully saturated rings. The fourth-order valence-corrected chi connectivity index (χ4v) is 3.23. The Morgan fingerprint density at radius 3 is 2.64 bits per heavy atom. The quantitative estimate of drug-likeness (QED) is 0.905. The lowest BCUT2D eigenvalue weighted by Gasteiger charge is -2.31. The van der Waals surface area contributed by atoms with E-state index in [-0.39, 0.29) is 17.9 Å². The zero-order valence-electron chi connectivity index (χ0n) is 14.5. The predicted molar refractivity (Wildman–Crippen MR) is 95.7 cm³/mol. The SMILES string of the molecule is CN(CC1CCCCC1O)C(=O)c1ccc(Oc2ccccc2)nc1. The van der Waals surface area contributed by atoms with E-state index in [1.54, 1.807) is 24.1 Å². The first-order chi connectivity index (χ1) is 12.1. The second kappa shape index (κ2) is 8.12. The molecule has 1 aromatic heterocycles. The number of ether oxygens (including phenoxy) is 1. The highest BCUT2D eigenvalue weighted by molar-refractivity contribution is 5.93. The highest BCUT2D eigenvalue weighted by Crippen LogP contribution is 2.25. The van der Waals surface area contributed by atoms with Crippen LogP contribution in [0.15, 0.2) is 48.7 Å². The summed E-state index contributed by atoms with van der Waals surface area (Å²) in [6.07, 6.45) is 5.23. The molecular weight excluding hydrogens is 316 g/mol. The molecule has 1 amide bonds. The maximum atomic E-state index is 12.6. The summed E-state index contributed by atoms with van der Waals surface area (Å²) in [5.74, 6) is 1.23. The number of pyridine rings is 1. The molecule has 132 valence electrons. The van der Waals surface area contributed by atoms with Gasteiger partial charge in [0.05, 0.1) is 11.7 Å². The number of amides is 1. The standard InChI is InChI=1S/C20H24N2O3/c1-22(14-16-7-5-6-10-18(16)23)20(24)15-11-12-19(21-13-15)25-17-8-3-2-4-9-17/h2-4,8-9,11-13,16,18,23H,5-7,10,14H2,1H3. The van der Waals surface area contributed by atoms with Crippen LogP contribution in [-0.2, 0) is 0 Å². The molecule has 2 aromatic rings. The van der Waals surface area contributed by atoms with Crippen molar-refractivity contribution in [1.29, 1.82) is 0 Å². The van der Waals surface area contributed by atoms with Crippen LogP contribution in [-0.4, -0.2) is 40.6 Å². The van der Waals surface area contributed by atoms with E-state index in [0.717, 1.165) is 25.7 Å². The molecule has 2 atom stereocenters. The highest BCUT2D eigenvalue weighted by atomic mass is 16.5. The van der Waals surface area contributed by atoms with E-state index in [0.29, 0.717) is 23.7 Å². The Hall–Kier alpha value is -2.40. The summed E-state index contributed by atoms with van der Waals surface area (Å²) < 4.78 is 5.64. The predicted octanol–water partition coefficient (Wildman–Crippen LogP) is 3.50. The maximum absolute atomic E-state index is 12.6. The number of aromatic nitrogens is 1. The molecular formula is C20H24N2O3. The van der Waals surface area contributed by atoms with Crippen molar-refractivity contribution < 1.29 is 14.6 Å². The van der Waals surface area contributed by atoms with Crippen LogP contribution >= 0.6 is 0 Å². The van der Waals surface area contributed by atoms with E-state index in [1.807, 2.05) is 30.3 Å². The molecule has 0 saturated heterocycles. The Morgan fingerprint density at radius 2 is 1.96 bits per heavy atom. The number of rotatable bonds is 5. The molecule has 0 spiro atoms. The van der Waals surface area contributed by atoms with Crippen LogP contribution in [0, 0.1) is 5.92 Å². The van der Waals surface area contributed by atoms with Gasteiger partial charge in [-0.3, -0.25) is 4.79 Å². The first-order valence-corrected chi connectivity index (χ1v) is 8.76. The highest BCUT2D eigenvalue weighted by Gasteiger charge is 2.26. The normalized spacial score (nSPS) is 20.1. The molecule has 1 aliphatic rings. The number of nitrogens with zero attached hydrogens (tertiary/aromatic N) is 2. The van der Waals surface area contributed by atoms with Gasteiger partial charge in [-0.15, -0.1) is 0 Å². The number of aliphatic hydroxyl groups excluding tert-OH is 1. The van der Waals surface area contributed by atoms with Gasteiger partial charge in [0.25, 0.3) is 5.91 Å². The van der Waals surface area contributed by atoms with Gasteiger partial charge in [-0.25, -0.2) is 4.98 Å². The largest absolute Gasteiger partial charge is 0.439 e. The maximum Gasteiger partial charge on any atom is 0.255 e. The zero-order valence-corrected chi connectivity index (χ0v) is 14.5. The van der Waals surface area contributed by atoms with E-state index in [4.69, 9.17) is 4.74 Å². The van der Waals surface area contributed by atoms with E-state index >= 15 is 0 Å². The van der Waals surface area contributed by atoms with Crippen LogP contribution in [0.25, 0.3) is 0 Å². The molecule has 1 N–H and O–H groups in total. The van der Waals surface area contributed by atoms with Gasteiger partial charge in [-0.2, -0.15) is 0 Å². The van der Waals surface area contributed by atoms with E-state index < -0.39 is 0 Å². The summed E-state index contributed by atoms with van der Waals surface area (Å²) in [5.41, 5.74) is 0.521. The molecule has 0 radical (unpaired) electrons. The van der Waals surface area contributed by atoms with Gasteiger partial charge in [-0.1, -0.05) is 31.0 Å². The second-order valence-corrected chi connectivity index (χ2v) is 6.60. The summed E-state index contributed by atoms with van der Waals surface area (Å²) >= 11 is 0. The summed E-state index contributed by atoms with van der Waals surface area (Å²) in [6, 6.07) is 12.8. The van der Waals surface area contributed by atoms with Crippen molar-refractivity contribution in [2.45, 2.75) is 31.8 Å². The van der Waals surface area contributed by atoms with Gasteiger partial charge in [0.15, 0.2) is 0 Å². The number of hydrogen-bond donors (Lipinski definition) is 1. The van der Waals surface area contributed by atoms with Gasteiger partial charge in [-0.05, 0) is 31.0 Å². The molecule has 5 nitrogen and oxygen atoms in total. The average molecular weight is 340 g/mol. The third kappa shape index (κ3) is 4.57. The minimum Gasteiger partial charge on any atom is -0.439 e. The third-order valence-corrected chi connectivity index (χ3v) is 4.67. The molecule has 3 rings (SSSR count). The van der Waals surface area contributed by atoms with E-state index in [1.165, 1.54) is 6.20 Å². The topological polar surface area (TPSA) is 62.7 Å². The van der Waals surface area contributed by atoms with Crippen molar-refractivity contribution in [3.05, 3.63) is 54.2 Å². The number of hydrogen-bond acceptors (Lipinski definition) is 4. The Bertz CT molecular complexity index is 688. The minimum absolute atomic E-state index is 0.0865. The Kier molecular flexibility index (Phi) is 5.66. The van der Waals surface area contributed by atoms with Crippen molar-refractivity contribution in [3.63, 3.8) is 0 Å². The van der Waals surface area contributed by atoms with Gasteiger partial charge < -0.3 is 14.7 Å². The van der Waals surface area contributed by atoms with Crippen molar-refractivity contribution in [1.82, 2.24) is 9.88 Å². The lowest BCUT2D eigenvalue weighted by Crippen LogP contribution is -2.38. The number of carbonyl (C=O) groups excluding carboxylic acids is 1. The molecule has 25 heavy (non-hydrogen) atoms. The molecule has 1 aliphatic carbocycles. The number of para-hydroxylation sites is 1. The summed E-state index contributed by atoms with van der Waals surface area (Å²) in [7, 11) is 1.78. The summed E-state index contributed by atoms with van der Waals surface area (Å²) in [5, 5.41) is 10.1. The molecule has 5 heteroatoms. The van der Waals surface area contributed by atoms with Crippen LogP contribution in [0.5, 0.6) is 11.6 Å². The van der Waals surface area contributed by atoms with Crippen molar-refractivity contribution in [3.8, 4) is 11.6 Å². The summed E-state index contributed by atoms with van der Waals surface area (Å²) in [4.78, 5) is 18.5. The Labute approximate surface area is 148 Å². The molecule has 1 saturated carbocycles. The van der Waals surface area contributed by atoms with Gasteiger partial charge in [0.1, 0.15) is 5.75 Å². The molecule has 1 heterocycles. The molecule has 0 aliphatic heterocycles. The molecule has 1 aromatic carbocycles. The molecule has 0 bridgehead atoms. The zero-order chi connectivity index (χ0) is 17.6. The number of aliphatic hydroxyl groups is 1. The van der Waals surface area contributed by atoms with Crippen molar-refractivity contribution >= 4 is 5.91 Å². The average Bonchev–Trinajstić information content (AvgIpc) is 2.64. The van der Waals surface area contributed by atoms with Crippen molar-refractivity contribution in [2.24, 2.45) is 5.92 Å². The van der Waals surface area contributed by atoms with Gasteiger partial charge in [0.2, 0.25) is 5.88 Å². The lowest BCUT2D eigenvalue weighted by atomic mass is 9.86. The van der Waals surface area contributed by atoms with Crippen LogP contribution < -0.4 is 4.74 Å².